The molecule has 20 heavy (non-hydrogen) atoms. The third-order valence-corrected chi connectivity index (χ3v) is 3.82. The normalized spacial score (nSPS) is 11.2. The molecule has 2 rings (SSSR count). The number of benzene rings is 2. The van der Waals surface area contributed by atoms with E-state index >= 15 is 0 Å². The highest BCUT2D eigenvalue weighted by atomic mass is 79.9. The molecule has 0 aliphatic heterocycles. The fourth-order valence-electron chi connectivity index (χ4n) is 1.90. The molecule has 0 radical (unpaired) electrons. The van der Waals surface area contributed by atoms with Crippen LogP contribution in [0.2, 0.25) is 0 Å². The zero-order valence-corrected chi connectivity index (χ0v) is 13.5. The van der Waals surface area contributed by atoms with Gasteiger partial charge in [0.25, 0.3) is 5.91 Å². The maximum atomic E-state index is 12.2. The van der Waals surface area contributed by atoms with E-state index in [1.54, 1.807) is 6.07 Å². The van der Waals surface area contributed by atoms with Gasteiger partial charge >= 0.3 is 0 Å². The Morgan fingerprint density at radius 1 is 1.00 bits per heavy atom. The van der Waals surface area contributed by atoms with E-state index in [0.717, 1.165) is 10.2 Å². The number of hydrogen-bond acceptors (Lipinski definition) is 1. The third-order valence-electron chi connectivity index (χ3n) is 3.13. The van der Waals surface area contributed by atoms with E-state index < -0.39 is 0 Å². The van der Waals surface area contributed by atoms with E-state index in [4.69, 9.17) is 0 Å². The molecule has 0 aliphatic carbocycles. The van der Waals surface area contributed by atoms with Crippen LogP contribution in [-0.4, -0.2) is 5.91 Å². The van der Waals surface area contributed by atoms with Crippen LogP contribution in [0.1, 0.15) is 36.7 Å². The molecule has 0 heterocycles. The van der Waals surface area contributed by atoms with Crippen LogP contribution in [0, 0.1) is 0 Å². The summed E-state index contributed by atoms with van der Waals surface area (Å²) >= 11 is 3.39. The molecule has 0 bridgehead atoms. The van der Waals surface area contributed by atoms with Crippen molar-refractivity contribution in [3.8, 4) is 0 Å². The summed E-state index contributed by atoms with van der Waals surface area (Å²) in [5, 5.41) is 2.91. The number of rotatable bonds is 2. The number of carbonyl (C=O) groups is 1. The molecule has 3 heteroatoms. The van der Waals surface area contributed by atoms with Crippen LogP contribution in [0.3, 0.4) is 0 Å². The lowest BCUT2D eigenvalue weighted by atomic mass is 9.87. The first-order chi connectivity index (χ1) is 9.38. The fourth-order valence-corrected chi connectivity index (χ4v) is 2.36. The van der Waals surface area contributed by atoms with E-state index in [1.807, 2.05) is 30.3 Å². The topological polar surface area (TPSA) is 29.1 Å². The lowest BCUT2D eigenvalue weighted by molar-refractivity contribution is 0.102. The number of anilines is 1. The molecule has 1 N–H and O–H groups in total. The van der Waals surface area contributed by atoms with Crippen LogP contribution >= 0.6 is 15.9 Å². The zero-order valence-electron chi connectivity index (χ0n) is 11.9. The molecule has 104 valence electrons. The first-order valence-electron chi connectivity index (χ1n) is 6.54. The molecule has 0 saturated heterocycles. The van der Waals surface area contributed by atoms with Crippen molar-refractivity contribution >= 4 is 27.5 Å². The zero-order chi connectivity index (χ0) is 14.8. The van der Waals surface area contributed by atoms with Crippen LogP contribution < -0.4 is 5.32 Å². The van der Waals surface area contributed by atoms with Crippen molar-refractivity contribution in [2.24, 2.45) is 0 Å². The fraction of sp³-hybridized carbons (Fsp3) is 0.235. The second kappa shape index (κ2) is 5.80. The van der Waals surface area contributed by atoms with Crippen LogP contribution in [0.5, 0.6) is 0 Å². The Bertz CT molecular complexity index is 612. The number of nitrogens with one attached hydrogen (secondary N) is 1. The van der Waals surface area contributed by atoms with Gasteiger partial charge in [-0.15, -0.1) is 0 Å². The highest BCUT2D eigenvalue weighted by Crippen LogP contribution is 2.24. The van der Waals surface area contributed by atoms with E-state index in [-0.39, 0.29) is 11.3 Å². The Hall–Kier alpha value is -1.61. The Morgan fingerprint density at radius 2 is 1.60 bits per heavy atom. The number of hydrogen-bond donors (Lipinski definition) is 1. The summed E-state index contributed by atoms with van der Waals surface area (Å²) in [5.74, 6) is -0.110. The summed E-state index contributed by atoms with van der Waals surface area (Å²) in [6, 6.07) is 15.4. The van der Waals surface area contributed by atoms with Gasteiger partial charge in [-0.2, -0.15) is 0 Å². The average Bonchev–Trinajstić information content (AvgIpc) is 2.38. The van der Waals surface area contributed by atoms with Gasteiger partial charge in [-0.3, -0.25) is 4.79 Å². The van der Waals surface area contributed by atoms with Crippen molar-refractivity contribution in [1.29, 1.82) is 0 Å². The Morgan fingerprint density at radius 3 is 2.15 bits per heavy atom. The number of carbonyl (C=O) groups excluding carboxylic acids is 1. The molecule has 2 aromatic carbocycles. The van der Waals surface area contributed by atoms with Gasteiger partial charge in [-0.25, -0.2) is 0 Å². The van der Waals surface area contributed by atoms with Crippen LogP contribution in [-0.2, 0) is 5.41 Å². The van der Waals surface area contributed by atoms with Gasteiger partial charge in [0.05, 0.1) is 5.56 Å². The van der Waals surface area contributed by atoms with Gasteiger partial charge < -0.3 is 5.32 Å². The molecule has 1 amide bonds. The maximum absolute atomic E-state index is 12.2. The van der Waals surface area contributed by atoms with Gasteiger partial charge in [0.2, 0.25) is 0 Å². The van der Waals surface area contributed by atoms with Crippen molar-refractivity contribution < 1.29 is 4.79 Å². The van der Waals surface area contributed by atoms with Crippen molar-refractivity contribution in [2.75, 3.05) is 5.32 Å². The van der Waals surface area contributed by atoms with Crippen LogP contribution in [0.25, 0.3) is 0 Å². The molecule has 0 aliphatic rings. The summed E-state index contributed by atoms with van der Waals surface area (Å²) in [6.07, 6.45) is 0. The standard InChI is InChI=1S/C17H18BrNO/c1-17(2,3)12-8-10-13(11-9-12)19-16(20)14-6-4-5-7-15(14)18/h4-11H,1-3H3,(H,19,20). The molecule has 2 nitrogen and oxygen atoms in total. The van der Waals surface area contributed by atoms with Crippen molar-refractivity contribution in [3.05, 3.63) is 64.1 Å². The largest absolute Gasteiger partial charge is 0.322 e. The lowest BCUT2D eigenvalue weighted by Gasteiger charge is -2.19. The van der Waals surface area contributed by atoms with E-state index in [2.05, 4.69) is 54.2 Å². The maximum Gasteiger partial charge on any atom is 0.256 e. The monoisotopic (exact) mass is 331 g/mol. The van der Waals surface area contributed by atoms with E-state index in [0.29, 0.717) is 5.56 Å². The predicted octanol–water partition coefficient (Wildman–Crippen LogP) is 5.00. The number of amides is 1. The summed E-state index contributed by atoms with van der Waals surface area (Å²) in [5.41, 5.74) is 2.80. The molecule has 0 fully saturated rings. The molecule has 0 saturated carbocycles. The molecule has 0 unspecified atom stereocenters. The second-order valence-electron chi connectivity index (χ2n) is 5.76. The minimum absolute atomic E-state index is 0.110. The quantitative estimate of drug-likeness (QED) is 0.824. The molecule has 2 aromatic rings. The van der Waals surface area contributed by atoms with Crippen LogP contribution in [0.4, 0.5) is 5.69 Å². The van der Waals surface area contributed by atoms with Crippen molar-refractivity contribution in [1.82, 2.24) is 0 Å². The minimum Gasteiger partial charge on any atom is -0.322 e. The SMILES string of the molecule is CC(C)(C)c1ccc(NC(=O)c2ccccc2Br)cc1. The summed E-state index contributed by atoms with van der Waals surface area (Å²) < 4.78 is 0.795. The summed E-state index contributed by atoms with van der Waals surface area (Å²) in [6.45, 7) is 6.50. The van der Waals surface area contributed by atoms with Crippen molar-refractivity contribution in [3.63, 3.8) is 0 Å². The van der Waals surface area contributed by atoms with Crippen LogP contribution in [0.15, 0.2) is 53.0 Å². The van der Waals surface area contributed by atoms with E-state index in [9.17, 15) is 4.79 Å². The molecular formula is C17H18BrNO. The first-order valence-corrected chi connectivity index (χ1v) is 7.33. The van der Waals surface area contributed by atoms with Gasteiger partial charge in [0.15, 0.2) is 0 Å². The van der Waals surface area contributed by atoms with Gasteiger partial charge in [0.1, 0.15) is 0 Å². The van der Waals surface area contributed by atoms with Gasteiger partial charge in [0, 0.05) is 10.2 Å². The minimum atomic E-state index is -0.110. The number of halogens is 1. The van der Waals surface area contributed by atoms with Crippen molar-refractivity contribution in [2.45, 2.75) is 26.2 Å². The summed E-state index contributed by atoms with van der Waals surface area (Å²) in [7, 11) is 0. The molecule has 0 atom stereocenters. The van der Waals surface area contributed by atoms with Gasteiger partial charge in [-0.05, 0) is 51.2 Å². The van der Waals surface area contributed by atoms with Gasteiger partial charge in [-0.1, -0.05) is 45.0 Å². The Kier molecular flexibility index (Phi) is 4.29. The average molecular weight is 332 g/mol. The molecule has 0 spiro atoms. The van der Waals surface area contributed by atoms with E-state index in [1.165, 1.54) is 5.56 Å². The lowest BCUT2D eigenvalue weighted by Crippen LogP contribution is -2.14. The third kappa shape index (κ3) is 3.48. The smallest absolute Gasteiger partial charge is 0.256 e. The Balaban J connectivity index is 2.15. The highest BCUT2D eigenvalue weighted by molar-refractivity contribution is 9.10. The highest BCUT2D eigenvalue weighted by Gasteiger charge is 2.14. The predicted molar refractivity (Wildman–Crippen MR) is 87.2 cm³/mol. The Labute approximate surface area is 128 Å². The summed E-state index contributed by atoms with van der Waals surface area (Å²) in [4.78, 5) is 12.2. The first kappa shape index (κ1) is 14.8. The molecule has 0 aromatic heterocycles. The molecular weight excluding hydrogens is 314 g/mol. The second-order valence-corrected chi connectivity index (χ2v) is 6.62.